The molecule has 9 heteroatoms. The molecule has 2 aromatic rings. The molecule has 0 aliphatic heterocycles. The zero-order chi connectivity index (χ0) is 21.8. The van der Waals surface area contributed by atoms with Crippen molar-refractivity contribution in [2.75, 3.05) is 33.2 Å². The molecule has 0 aliphatic rings. The lowest BCUT2D eigenvalue weighted by molar-refractivity contribution is -0.137. The van der Waals surface area contributed by atoms with E-state index < -0.39 is 11.7 Å². The predicted molar refractivity (Wildman–Crippen MR) is 112 cm³/mol. The van der Waals surface area contributed by atoms with Crippen LogP contribution in [0.1, 0.15) is 41.2 Å². The van der Waals surface area contributed by atoms with E-state index in [0.29, 0.717) is 22.1 Å². The van der Waals surface area contributed by atoms with Crippen LogP contribution in [0.4, 0.5) is 13.2 Å². The summed E-state index contributed by atoms with van der Waals surface area (Å²) in [7, 11) is 1.73. The van der Waals surface area contributed by atoms with Gasteiger partial charge in [0.25, 0.3) is 5.91 Å². The van der Waals surface area contributed by atoms with Gasteiger partial charge in [0, 0.05) is 25.7 Å². The number of halogens is 4. The number of aryl methyl sites for hydroxylation is 1. The van der Waals surface area contributed by atoms with E-state index in [0.717, 1.165) is 43.5 Å². The highest BCUT2D eigenvalue weighted by Gasteiger charge is 2.33. The first-order valence-electron chi connectivity index (χ1n) is 9.40. The lowest BCUT2D eigenvalue weighted by Crippen LogP contribution is -2.36. The summed E-state index contributed by atoms with van der Waals surface area (Å²) in [6.07, 6.45) is -3.51. The summed E-state index contributed by atoms with van der Waals surface area (Å²) in [4.78, 5) is 21.5. The molecule has 0 N–H and O–H groups in total. The fourth-order valence-electron chi connectivity index (χ4n) is 2.90. The van der Waals surface area contributed by atoms with Crippen LogP contribution in [0.25, 0.3) is 10.6 Å². The Morgan fingerprint density at radius 1 is 1.21 bits per heavy atom. The lowest BCUT2D eigenvalue weighted by Gasteiger charge is -2.23. The van der Waals surface area contributed by atoms with Gasteiger partial charge in [-0.3, -0.25) is 4.79 Å². The summed E-state index contributed by atoms with van der Waals surface area (Å²) in [5.74, 6) is -0.177. The van der Waals surface area contributed by atoms with Crippen molar-refractivity contribution in [3.8, 4) is 10.6 Å². The summed E-state index contributed by atoms with van der Waals surface area (Å²) >= 11 is 6.79. The lowest BCUT2D eigenvalue weighted by atomic mass is 10.1. The Morgan fingerprint density at radius 3 is 2.48 bits per heavy atom. The number of carbonyl (C=O) groups excluding carboxylic acids is 1. The third-order valence-electron chi connectivity index (χ3n) is 4.59. The summed E-state index contributed by atoms with van der Waals surface area (Å²) in [5, 5.41) is 0.000651. The van der Waals surface area contributed by atoms with Crippen molar-refractivity contribution in [2.24, 2.45) is 0 Å². The normalized spacial score (nSPS) is 11.9. The maximum Gasteiger partial charge on any atom is 0.417 e. The molecule has 0 spiro atoms. The van der Waals surface area contributed by atoms with Crippen LogP contribution in [0, 0.1) is 6.92 Å². The van der Waals surface area contributed by atoms with Crippen LogP contribution in [0.5, 0.6) is 0 Å². The van der Waals surface area contributed by atoms with Gasteiger partial charge in [0.2, 0.25) is 0 Å². The summed E-state index contributed by atoms with van der Waals surface area (Å²) < 4.78 is 39.4. The van der Waals surface area contributed by atoms with Gasteiger partial charge in [-0.2, -0.15) is 13.2 Å². The number of hydrogen-bond donors (Lipinski definition) is 0. The second-order valence-electron chi connectivity index (χ2n) is 6.79. The van der Waals surface area contributed by atoms with Gasteiger partial charge < -0.3 is 9.80 Å². The topological polar surface area (TPSA) is 36.4 Å². The number of aromatic nitrogens is 1. The van der Waals surface area contributed by atoms with Crippen LogP contribution in [0.3, 0.4) is 0 Å². The largest absolute Gasteiger partial charge is 0.417 e. The van der Waals surface area contributed by atoms with E-state index in [9.17, 15) is 18.0 Å². The van der Waals surface area contributed by atoms with E-state index in [1.807, 2.05) is 0 Å². The third kappa shape index (κ3) is 5.93. The van der Waals surface area contributed by atoms with E-state index in [1.54, 1.807) is 18.9 Å². The maximum absolute atomic E-state index is 13.1. The minimum atomic E-state index is -4.55. The van der Waals surface area contributed by atoms with Crippen LogP contribution >= 0.6 is 22.9 Å². The van der Waals surface area contributed by atoms with Gasteiger partial charge in [-0.1, -0.05) is 31.5 Å². The first-order chi connectivity index (χ1) is 13.6. The van der Waals surface area contributed by atoms with E-state index in [4.69, 9.17) is 11.6 Å². The van der Waals surface area contributed by atoms with Crippen molar-refractivity contribution in [1.29, 1.82) is 0 Å². The second-order valence-corrected chi connectivity index (χ2v) is 8.19. The highest BCUT2D eigenvalue weighted by atomic mass is 35.5. The molecule has 1 aromatic heterocycles. The van der Waals surface area contributed by atoms with Gasteiger partial charge in [-0.15, -0.1) is 11.3 Å². The van der Waals surface area contributed by atoms with E-state index in [2.05, 4.69) is 23.7 Å². The van der Waals surface area contributed by atoms with Crippen LogP contribution in [0.15, 0.2) is 18.2 Å². The molecule has 0 aliphatic carbocycles. The highest BCUT2D eigenvalue weighted by molar-refractivity contribution is 7.17. The molecule has 160 valence electrons. The number of benzene rings is 1. The molecule has 29 heavy (non-hydrogen) atoms. The zero-order valence-corrected chi connectivity index (χ0v) is 18.5. The Labute approximate surface area is 178 Å². The number of amides is 1. The SMILES string of the molecule is CCCN(CC)CCN(C)C(=O)c1sc(-c2ccc(Cl)c(C(F)(F)F)c2)nc1C. The maximum atomic E-state index is 13.1. The molecule has 0 unspecified atom stereocenters. The molecule has 0 atom stereocenters. The molecule has 0 radical (unpaired) electrons. The molecule has 1 amide bonds. The predicted octanol–water partition coefficient (Wildman–Crippen LogP) is 5.59. The third-order valence-corrected chi connectivity index (χ3v) is 6.12. The molecule has 2 rings (SSSR count). The minimum absolute atomic E-state index is 0.177. The van der Waals surface area contributed by atoms with Crippen molar-refractivity contribution in [3.63, 3.8) is 0 Å². The van der Waals surface area contributed by atoms with Crippen LogP contribution in [-0.2, 0) is 6.18 Å². The Kier molecular flexibility index (Phi) is 8.08. The van der Waals surface area contributed by atoms with Crippen molar-refractivity contribution < 1.29 is 18.0 Å². The highest BCUT2D eigenvalue weighted by Crippen LogP contribution is 2.38. The molecular weight excluding hydrogens is 423 g/mol. The van der Waals surface area contributed by atoms with Gasteiger partial charge in [0.1, 0.15) is 9.88 Å². The first-order valence-corrected chi connectivity index (χ1v) is 10.6. The van der Waals surface area contributed by atoms with Crippen LogP contribution in [-0.4, -0.2) is 53.9 Å². The fraction of sp³-hybridized carbons (Fsp3) is 0.500. The van der Waals surface area contributed by atoms with Gasteiger partial charge in [0.05, 0.1) is 16.3 Å². The number of alkyl halides is 3. The number of thiazole rings is 1. The molecule has 0 fully saturated rings. The number of hydrogen-bond acceptors (Lipinski definition) is 4. The zero-order valence-electron chi connectivity index (χ0n) is 16.9. The summed E-state index contributed by atoms with van der Waals surface area (Å²) in [6, 6.07) is 3.66. The number of nitrogens with zero attached hydrogens (tertiary/aromatic N) is 3. The average Bonchev–Trinajstić information content (AvgIpc) is 3.05. The monoisotopic (exact) mass is 447 g/mol. The van der Waals surface area contributed by atoms with E-state index in [1.165, 1.54) is 12.1 Å². The molecule has 4 nitrogen and oxygen atoms in total. The van der Waals surface area contributed by atoms with Crippen molar-refractivity contribution in [2.45, 2.75) is 33.4 Å². The second kappa shape index (κ2) is 9.91. The standard InChI is InChI=1S/C20H25ClF3N3OS/c1-5-9-27(6-2)11-10-26(4)19(28)17-13(3)25-18(29-17)14-7-8-16(21)15(12-14)20(22,23)24/h7-8,12H,5-6,9-11H2,1-4H3. The molecule has 0 bridgehead atoms. The Morgan fingerprint density at radius 2 is 1.90 bits per heavy atom. The first kappa shape index (κ1) is 23.6. The molecule has 0 saturated heterocycles. The van der Waals surface area contributed by atoms with Crippen molar-refractivity contribution >= 4 is 28.8 Å². The van der Waals surface area contributed by atoms with Crippen molar-refractivity contribution in [1.82, 2.24) is 14.8 Å². The Balaban J connectivity index is 2.21. The smallest absolute Gasteiger partial charge is 0.340 e. The molecule has 1 heterocycles. The number of rotatable bonds is 8. The molecule has 0 saturated carbocycles. The minimum Gasteiger partial charge on any atom is -0.340 e. The Bertz CT molecular complexity index is 854. The van der Waals surface area contributed by atoms with Gasteiger partial charge in [-0.05, 0) is 38.6 Å². The summed E-state index contributed by atoms with van der Waals surface area (Å²) in [6.45, 7) is 9.11. The van der Waals surface area contributed by atoms with E-state index in [-0.39, 0.29) is 16.5 Å². The molecule has 1 aromatic carbocycles. The van der Waals surface area contributed by atoms with Crippen molar-refractivity contribution in [3.05, 3.63) is 39.4 Å². The number of carbonyl (C=O) groups is 1. The van der Waals surface area contributed by atoms with Crippen LogP contribution < -0.4 is 0 Å². The fourth-order valence-corrected chi connectivity index (χ4v) is 4.19. The van der Waals surface area contributed by atoms with E-state index >= 15 is 0 Å². The van der Waals surface area contributed by atoms with Gasteiger partial charge in [0.15, 0.2) is 0 Å². The molecular formula is C20H25ClF3N3OS. The quantitative estimate of drug-likeness (QED) is 0.529. The van der Waals surface area contributed by atoms with Crippen LogP contribution in [0.2, 0.25) is 5.02 Å². The Hall–Kier alpha value is -1.64. The number of likely N-dealkylation sites (N-methyl/N-ethyl adjacent to an activating group) is 2. The van der Waals surface area contributed by atoms with Gasteiger partial charge in [-0.25, -0.2) is 4.98 Å². The van der Waals surface area contributed by atoms with Gasteiger partial charge >= 0.3 is 6.18 Å². The average molecular weight is 448 g/mol. The summed E-state index contributed by atoms with van der Waals surface area (Å²) in [5.41, 5.74) is -0.118.